The normalized spacial score (nSPS) is 11.9. The number of pyridine rings is 1. The summed E-state index contributed by atoms with van der Waals surface area (Å²) in [5.41, 5.74) is 1.71. The van der Waals surface area contributed by atoms with Crippen LogP contribution in [0.2, 0.25) is 0 Å². The second-order valence-corrected chi connectivity index (χ2v) is 8.56. The van der Waals surface area contributed by atoms with Gasteiger partial charge in [-0.15, -0.1) is 0 Å². The maximum atomic E-state index is 12.9. The highest BCUT2D eigenvalue weighted by atomic mass is 16.5. The van der Waals surface area contributed by atoms with Crippen LogP contribution in [0, 0.1) is 0 Å². The highest BCUT2D eigenvalue weighted by Gasteiger charge is 2.10. The molecule has 0 fully saturated rings. The Balaban J connectivity index is 1.23. The van der Waals surface area contributed by atoms with Crippen LogP contribution in [0.25, 0.3) is 22.0 Å². The van der Waals surface area contributed by atoms with Crippen LogP contribution in [0.4, 0.5) is 0 Å². The van der Waals surface area contributed by atoms with E-state index >= 15 is 0 Å². The molecule has 1 atom stereocenters. The third kappa shape index (κ3) is 6.44. The van der Waals surface area contributed by atoms with Crippen molar-refractivity contribution < 1.29 is 19.3 Å². The van der Waals surface area contributed by atoms with Gasteiger partial charge in [-0.2, -0.15) is 0 Å². The first-order chi connectivity index (χ1) is 17.5. The zero-order chi connectivity index (χ0) is 25.3. The van der Waals surface area contributed by atoms with E-state index in [1.54, 1.807) is 24.8 Å². The minimum Gasteiger partial charge on any atom is -0.497 e. The standard InChI is InChI=1S/C29H32N2O5/c1-31-28(17-22-11-14-26(34-2)18-27(22)29(31)33)21-9-12-25(13-10-21)35-16-6-15-30-19-23(32)20-36-24-7-4-3-5-8-24/h3-5,7-14,17-18,23,30,32H,6,15-16,19-20H2,1-2H3. The molecule has 36 heavy (non-hydrogen) atoms. The van der Waals surface area contributed by atoms with Crippen molar-refractivity contribution in [3.8, 4) is 28.5 Å². The van der Waals surface area contributed by atoms with Gasteiger partial charge >= 0.3 is 0 Å². The number of para-hydroxylation sites is 1. The van der Waals surface area contributed by atoms with Gasteiger partial charge in [-0.05, 0) is 78.5 Å². The number of methoxy groups -OCH3 is 1. The molecule has 1 aromatic heterocycles. The highest BCUT2D eigenvalue weighted by Crippen LogP contribution is 2.26. The van der Waals surface area contributed by atoms with Gasteiger partial charge in [0.1, 0.15) is 30.0 Å². The monoisotopic (exact) mass is 488 g/mol. The fourth-order valence-electron chi connectivity index (χ4n) is 3.93. The van der Waals surface area contributed by atoms with Gasteiger partial charge in [-0.25, -0.2) is 0 Å². The lowest BCUT2D eigenvalue weighted by atomic mass is 10.1. The van der Waals surface area contributed by atoms with E-state index in [1.807, 2.05) is 72.8 Å². The molecule has 4 aromatic rings. The van der Waals surface area contributed by atoms with Gasteiger partial charge in [0.2, 0.25) is 0 Å². The lowest BCUT2D eigenvalue weighted by Gasteiger charge is -2.14. The van der Waals surface area contributed by atoms with Crippen molar-refractivity contribution in [3.63, 3.8) is 0 Å². The Kier molecular flexibility index (Phi) is 8.60. The fourth-order valence-corrected chi connectivity index (χ4v) is 3.93. The molecule has 0 radical (unpaired) electrons. The molecule has 3 aromatic carbocycles. The second-order valence-electron chi connectivity index (χ2n) is 8.56. The maximum absolute atomic E-state index is 12.9. The molecule has 0 bridgehead atoms. The first kappa shape index (κ1) is 25.3. The Labute approximate surface area is 210 Å². The lowest BCUT2D eigenvalue weighted by Crippen LogP contribution is -2.32. The number of hydrogen-bond acceptors (Lipinski definition) is 6. The average Bonchev–Trinajstić information content (AvgIpc) is 2.92. The van der Waals surface area contributed by atoms with Crippen LogP contribution in [0.1, 0.15) is 6.42 Å². The van der Waals surface area contributed by atoms with Crippen molar-refractivity contribution in [2.24, 2.45) is 7.05 Å². The molecule has 0 aliphatic carbocycles. The molecule has 2 N–H and O–H groups in total. The van der Waals surface area contributed by atoms with Gasteiger partial charge < -0.3 is 29.2 Å². The molecule has 0 aliphatic heterocycles. The van der Waals surface area contributed by atoms with E-state index in [0.29, 0.717) is 24.3 Å². The zero-order valence-corrected chi connectivity index (χ0v) is 20.6. The Morgan fingerprint density at radius 1 is 0.917 bits per heavy atom. The molecule has 0 amide bonds. The summed E-state index contributed by atoms with van der Waals surface area (Å²) in [4.78, 5) is 12.9. The van der Waals surface area contributed by atoms with Crippen molar-refractivity contribution >= 4 is 10.8 Å². The first-order valence-electron chi connectivity index (χ1n) is 12.0. The van der Waals surface area contributed by atoms with Gasteiger partial charge in [0.15, 0.2) is 0 Å². The van der Waals surface area contributed by atoms with Crippen molar-refractivity contribution in [2.45, 2.75) is 12.5 Å². The number of nitrogens with one attached hydrogen (secondary N) is 1. The highest BCUT2D eigenvalue weighted by molar-refractivity contribution is 5.86. The molecule has 1 heterocycles. The fraction of sp³-hybridized carbons (Fsp3) is 0.276. The van der Waals surface area contributed by atoms with Crippen molar-refractivity contribution in [3.05, 3.63) is 89.2 Å². The molecular weight excluding hydrogens is 456 g/mol. The van der Waals surface area contributed by atoms with Crippen molar-refractivity contribution in [1.29, 1.82) is 0 Å². The second kappa shape index (κ2) is 12.2. The summed E-state index contributed by atoms with van der Waals surface area (Å²) in [5, 5.41) is 14.8. The molecule has 0 saturated carbocycles. The minimum absolute atomic E-state index is 0.0639. The van der Waals surface area contributed by atoms with Crippen LogP contribution in [0.5, 0.6) is 17.2 Å². The summed E-state index contributed by atoms with van der Waals surface area (Å²) >= 11 is 0. The number of nitrogens with zero attached hydrogens (tertiary/aromatic N) is 1. The molecule has 4 rings (SSSR count). The summed E-state index contributed by atoms with van der Waals surface area (Å²) < 4.78 is 18.3. The quantitative estimate of drug-likeness (QED) is 0.293. The van der Waals surface area contributed by atoms with Crippen molar-refractivity contribution in [1.82, 2.24) is 9.88 Å². The third-order valence-corrected chi connectivity index (χ3v) is 5.93. The Morgan fingerprint density at radius 2 is 1.64 bits per heavy atom. The largest absolute Gasteiger partial charge is 0.497 e. The van der Waals surface area contributed by atoms with Gasteiger partial charge in [0.25, 0.3) is 5.56 Å². The minimum atomic E-state index is -0.577. The Morgan fingerprint density at radius 3 is 2.39 bits per heavy atom. The summed E-state index contributed by atoms with van der Waals surface area (Å²) in [7, 11) is 3.37. The van der Waals surface area contributed by atoms with Crippen LogP contribution >= 0.6 is 0 Å². The maximum Gasteiger partial charge on any atom is 0.258 e. The van der Waals surface area contributed by atoms with Crippen LogP contribution in [-0.2, 0) is 7.05 Å². The topological polar surface area (TPSA) is 81.9 Å². The number of aliphatic hydroxyl groups is 1. The van der Waals surface area contributed by atoms with E-state index < -0.39 is 6.10 Å². The van der Waals surface area contributed by atoms with Gasteiger partial charge in [-0.1, -0.05) is 24.3 Å². The van der Waals surface area contributed by atoms with E-state index in [-0.39, 0.29) is 12.2 Å². The van der Waals surface area contributed by atoms with E-state index in [1.165, 1.54) is 0 Å². The number of hydrogen-bond donors (Lipinski definition) is 2. The van der Waals surface area contributed by atoms with Crippen LogP contribution in [0.15, 0.2) is 83.7 Å². The number of ether oxygens (including phenoxy) is 3. The van der Waals surface area contributed by atoms with E-state index in [2.05, 4.69) is 5.32 Å². The average molecular weight is 489 g/mol. The summed E-state index contributed by atoms with van der Waals surface area (Å²) in [6.07, 6.45) is 0.225. The molecular formula is C29H32N2O5. The molecule has 0 aliphatic rings. The third-order valence-electron chi connectivity index (χ3n) is 5.93. The van der Waals surface area contributed by atoms with Crippen molar-refractivity contribution in [2.75, 3.05) is 33.4 Å². The van der Waals surface area contributed by atoms with Crippen LogP contribution in [-0.4, -0.2) is 49.2 Å². The lowest BCUT2D eigenvalue weighted by molar-refractivity contribution is 0.106. The molecule has 0 spiro atoms. The van der Waals surface area contributed by atoms with E-state index in [4.69, 9.17) is 14.2 Å². The molecule has 7 nitrogen and oxygen atoms in total. The zero-order valence-electron chi connectivity index (χ0n) is 20.6. The summed E-state index contributed by atoms with van der Waals surface area (Å²) in [5.74, 6) is 2.18. The van der Waals surface area contributed by atoms with E-state index in [9.17, 15) is 9.90 Å². The summed E-state index contributed by atoms with van der Waals surface area (Å²) in [6.45, 7) is 1.99. The number of aromatic nitrogens is 1. The molecule has 0 saturated heterocycles. The number of benzene rings is 3. The van der Waals surface area contributed by atoms with Gasteiger partial charge in [-0.3, -0.25) is 4.79 Å². The smallest absolute Gasteiger partial charge is 0.258 e. The van der Waals surface area contributed by atoms with E-state index in [0.717, 1.165) is 41.1 Å². The molecule has 1 unspecified atom stereocenters. The molecule has 188 valence electrons. The van der Waals surface area contributed by atoms with Gasteiger partial charge in [0.05, 0.1) is 24.8 Å². The number of rotatable bonds is 12. The van der Waals surface area contributed by atoms with Crippen LogP contribution in [0.3, 0.4) is 0 Å². The predicted octanol–water partition coefficient (Wildman–Crippen LogP) is 4.01. The SMILES string of the molecule is COc1ccc2cc(-c3ccc(OCCCNCC(O)COc4ccccc4)cc3)n(C)c(=O)c2c1. The van der Waals surface area contributed by atoms with Crippen LogP contribution < -0.4 is 25.1 Å². The first-order valence-corrected chi connectivity index (χ1v) is 12.0. The van der Waals surface area contributed by atoms with Gasteiger partial charge in [0, 0.05) is 13.6 Å². The molecule has 7 heteroatoms. The predicted molar refractivity (Wildman–Crippen MR) is 142 cm³/mol. The Hall–Kier alpha value is -3.81. The number of aliphatic hydroxyl groups excluding tert-OH is 1. The number of fused-ring (bicyclic) bond motifs is 1. The Bertz CT molecular complexity index is 1320. The summed E-state index contributed by atoms with van der Waals surface area (Å²) in [6, 6.07) is 24.7.